The van der Waals surface area contributed by atoms with Gasteiger partial charge >= 0.3 is 0 Å². The molecule has 0 amide bonds. The Balaban J connectivity index is 0.000000423. The molecule has 3 rings (SSSR count). The molecule has 0 heterocycles. The molecule has 0 spiro atoms. The lowest BCUT2D eigenvalue weighted by Gasteiger charge is -2.62. The van der Waals surface area contributed by atoms with Crippen LogP contribution in [0.4, 0.5) is 0 Å². The van der Waals surface area contributed by atoms with Crippen molar-refractivity contribution in [2.45, 2.75) is 106 Å². The first-order valence-corrected chi connectivity index (χ1v) is 13.6. The van der Waals surface area contributed by atoms with Crippen molar-refractivity contribution >= 4 is 0 Å². The van der Waals surface area contributed by atoms with Gasteiger partial charge in [-0.2, -0.15) is 0 Å². The predicted octanol–water partition coefficient (Wildman–Crippen LogP) is 8.76. The van der Waals surface area contributed by atoms with Crippen LogP contribution in [0, 0.1) is 40.4 Å². The summed E-state index contributed by atoms with van der Waals surface area (Å²) in [7, 11) is 4.55. The van der Waals surface area contributed by atoms with Gasteiger partial charge in [-0.15, -0.1) is 0 Å². The Morgan fingerprint density at radius 3 is 2.16 bits per heavy atom. The van der Waals surface area contributed by atoms with E-state index >= 15 is 0 Å². The zero-order valence-electron chi connectivity index (χ0n) is 22.6. The first-order chi connectivity index (χ1) is 14.7. The summed E-state index contributed by atoms with van der Waals surface area (Å²) >= 11 is 0. The quantitative estimate of drug-likeness (QED) is 0.395. The maximum absolute atomic E-state index is 2.69. The van der Waals surface area contributed by atoms with E-state index in [9.17, 15) is 0 Å². The van der Waals surface area contributed by atoms with Crippen LogP contribution in [-0.2, 0) is 0 Å². The summed E-state index contributed by atoms with van der Waals surface area (Å²) in [6, 6.07) is 0. The van der Waals surface area contributed by atoms with Crippen LogP contribution >= 0.6 is 0 Å². The molecule has 0 saturated heterocycles. The van der Waals surface area contributed by atoms with Crippen molar-refractivity contribution in [2.24, 2.45) is 40.4 Å². The summed E-state index contributed by atoms with van der Waals surface area (Å²) in [4.78, 5) is 2.45. The van der Waals surface area contributed by atoms with Gasteiger partial charge in [-0.1, -0.05) is 70.8 Å². The van der Waals surface area contributed by atoms with Crippen LogP contribution in [0.15, 0.2) is 23.8 Å². The van der Waals surface area contributed by atoms with Crippen molar-refractivity contribution in [3.05, 3.63) is 23.8 Å². The predicted molar refractivity (Wildman–Crippen MR) is 139 cm³/mol. The SMILES string of the molecule is C/C=C\C(C)=C/C.CCC1C2CCC3(C)C(CN(C)C)CCCC3C2CCC1(C)CC. The third-order valence-corrected chi connectivity index (χ3v) is 10.1. The number of hydrogen-bond donors (Lipinski definition) is 0. The Morgan fingerprint density at radius 2 is 1.65 bits per heavy atom. The van der Waals surface area contributed by atoms with E-state index in [0.717, 1.165) is 29.6 Å². The van der Waals surface area contributed by atoms with Gasteiger partial charge < -0.3 is 4.90 Å². The highest BCUT2D eigenvalue weighted by molar-refractivity contribution is 5.13. The fourth-order valence-electron chi connectivity index (χ4n) is 8.08. The van der Waals surface area contributed by atoms with Crippen molar-refractivity contribution in [3.8, 4) is 0 Å². The lowest BCUT2D eigenvalue weighted by atomic mass is 9.44. The van der Waals surface area contributed by atoms with E-state index in [1.165, 1.54) is 69.9 Å². The van der Waals surface area contributed by atoms with Gasteiger partial charge in [0, 0.05) is 6.54 Å². The monoisotopic (exact) mass is 429 g/mol. The molecule has 31 heavy (non-hydrogen) atoms. The maximum atomic E-state index is 2.69. The molecule has 3 aliphatic rings. The molecule has 0 aromatic rings. The Morgan fingerprint density at radius 1 is 0.968 bits per heavy atom. The molecule has 3 saturated carbocycles. The third-order valence-electron chi connectivity index (χ3n) is 10.1. The third kappa shape index (κ3) is 5.87. The van der Waals surface area contributed by atoms with E-state index in [0.29, 0.717) is 10.8 Å². The highest BCUT2D eigenvalue weighted by atomic mass is 15.1. The van der Waals surface area contributed by atoms with Gasteiger partial charge in [-0.3, -0.25) is 0 Å². The van der Waals surface area contributed by atoms with E-state index in [2.05, 4.69) is 65.8 Å². The summed E-state index contributed by atoms with van der Waals surface area (Å²) in [6.45, 7) is 17.7. The molecule has 0 aromatic carbocycles. The summed E-state index contributed by atoms with van der Waals surface area (Å²) in [6.07, 6.45) is 19.6. The highest BCUT2D eigenvalue weighted by Gasteiger charge is 2.56. The van der Waals surface area contributed by atoms with Crippen LogP contribution in [0.2, 0.25) is 0 Å². The average molecular weight is 430 g/mol. The Labute approximate surface area is 196 Å². The average Bonchev–Trinajstić information content (AvgIpc) is 2.74. The maximum Gasteiger partial charge on any atom is 0.000887 e. The Hall–Kier alpha value is -0.560. The Bertz CT molecular complexity index is 602. The largest absolute Gasteiger partial charge is 0.309 e. The van der Waals surface area contributed by atoms with E-state index in [-0.39, 0.29) is 0 Å². The summed E-state index contributed by atoms with van der Waals surface area (Å²) < 4.78 is 0. The second-order valence-corrected chi connectivity index (χ2v) is 12.0. The minimum atomic E-state index is 0.626. The minimum absolute atomic E-state index is 0.626. The molecule has 3 aliphatic carbocycles. The normalized spacial score (nSPS) is 40.8. The van der Waals surface area contributed by atoms with Crippen LogP contribution in [-0.4, -0.2) is 25.5 Å². The number of rotatable bonds is 5. The number of fused-ring (bicyclic) bond motifs is 3. The molecule has 7 unspecified atom stereocenters. The fourth-order valence-corrected chi connectivity index (χ4v) is 8.08. The standard InChI is InChI=1S/C23H43N.C7H12/c1-7-20-18-13-15-23(4)17(16-24(5)6)10-9-11-21(23)19(18)12-14-22(20,3)8-2;1-4-6-7(3)5-2/h17-21H,7-16H2,1-6H3;4-6H,1-3H3/b;6-4-,7-5-. The van der Waals surface area contributed by atoms with Crippen LogP contribution in [0.5, 0.6) is 0 Å². The molecule has 1 nitrogen and oxygen atoms in total. The smallest absolute Gasteiger partial charge is 0.000887 e. The van der Waals surface area contributed by atoms with Gasteiger partial charge in [0.25, 0.3) is 0 Å². The molecule has 0 radical (unpaired) electrons. The number of allylic oxidation sites excluding steroid dienone is 4. The van der Waals surface area contributed by atoms with E-state index in [1.54, 1.807) is 0 Å². The van der Waals surface area contributed by atoms with Crippen molar-refractivity contribution in [1.82, 2.24) is 4.90 Å². The molecule has 3 fully saturated rings. The van der Waals surface area contributed by atoms with E-state index in [4.69, 9.17) is 0 Å². The lowest BCUT2D eigenvalue weighted by Crippen LogP contribution is -2.54. The molecule has 0 aromatic heterocycles. The van der Waals surface area contributed by atoms with Crippen LogP contribution in [0.1, 0.15) is 106 Å². The molecule has 0 aliphatic heterocycles. The molecule has 180 valence electrons. The molecule has 0 bridgehead atoms. The topological polar surface area (TPSA) is 3.24 Å². The van der Waals surface area contributed by atoms with Gasteiger partial charge in [0.2, 0.25) is 0 Å². The second-order valence-electron chi connectivity index (χ2n) is 12.0. The van der Waals surface area contributed by atoms with E-state index < -0.39 is 0 Å². The van der Waals surface area contributed by atoms with Crippen molar-refractivity contribution < 1.29 is 0 Å². The summed E-state index contributed by atoms with van der Waals surface area (Å²) in [5, 5.41) is 0. The number of hydrogen-bond acceptors (Lipinski definition) is 1. The number of nitrogens with zero attached hydrogens (tertiary/aromatic N) is 1. The molecule has 7 atom stereocenters. The zero-order chi connectivity index (χ0) is 23.2. The molecular formula is C30H55N. The summed E-state index contributed by atoms with van der Waals surface area (Å²) in [5.74, 6) is 5.01. The summed E-state index contributed by atoms with van der Waals surface area (Å²) in [5.41, 5.74) is 2.58. The second kappa shape index (κ2) is 11.5. The van der Waals surface area contributed by atoms with Gasteiger partial charge in [0.1, 0.15) is 0 Å². The van der Waals surface area contributed by atoms with Crippen LogP contribution < -0.4 is 0 Å². The first kappa shape index (κ1) is 26.7. The van der Waals surface area contributed by atoms with Crippen molar-refractivity contribution in [3.63, 3.8) is 0 Å². The lowest BCUT2D eigenvalue weighted by molar-refractivity contribution is -0.122. The Kier molecular flexibility index (Phi) is 9.93. The van der Waals surface area contributed by atoms with Gasteiger partial charge in [-0.05, 0) is 114 Å². The van der Waals surface area contributed by atoms with Crippen molar-refractivity contribution in [2.75, 3.05) is 20.6 Å². The van der Waals surface area contributed by atoms with Gasteiger partial charge in [0.05, 0.1) is 0 Å². The zero-order valence-corrected chi connectivity index (χ0v) is 22.6. The van der Waals surface area contributed by atoms with Gasteiger partial charge in [0.15, 0.2) is 0 Å². The molecule has 0 N–H and O–H groups in total. The van der Waals surface area contributed by atoms with E-state index in [1.807, 2.05) is 19.9 Å². The first-order valence-electron chi connectivity index (χ1n) is 13.6. The molecular weight excluding hydrogens is 374 g/mol. The van der Waals surface area contributed by atoms with Gasteiger partial charge in [-0.25, -0.2) is 0 Å². The van der Waals surface area contributed by atoms with Crippen molar-refractivity contribution in [1.29, 1.82) is 0 Å². The van der Waals surface area contributed by atoms with Crippen LogP contribution in [0.3, 0.4) is 0 Å². The highest BCUT2D eigenvalue weighted by Crippen LogP contribution is 2.64. The fraction of sp³-hybridized carbons (Fsp3) is 0.867. The minimum Gasteiger partial charge on any atom is -0.309 e. The van der Waals surface area contributed by atoms with Crippen LogP contribution in [0.25, 0.3) is 0 Å². The molecule has 1 heteroatoms.